The summed E-state index contributed by atoms with van der Waals surface area (Å²) in [5.41, 5.74) is 5.30. The van der Waals surface area contributed by atoms with Gasteiger partial charge in [0.1, 0.15) is 5.75 Å². The number of imidazole rings is 1. The minimum Gasteiger partial charge on any atom is -0.495 e. The van der Waals surface area contributed by atoms with Gasteiger partial charge in [0.2, 0.25) is 0 Å². The molecule has 0 bridgehead atoms. The third-order valence-electron chi connectivity index (χ3n) is 5.87. The first kappa shape index (κ1) is 21.9. The Hall–Kier alpha value is -2.90. The summed E-state index contributed by atoms with van der Waals surface area (Å²) in [4.78, 5) is 9.37. The van der Waals surface area contributed by atoms with Gasteiger partial charge in [0, 0.05) is 12.6 Å². The Bertz CT molecular complexity index is 1380. The van der Waals surface area contributed by atoms with Crippen LogP contribution in [0.3, 0.4) is 0 Å². The van der Waals surface area contributed by atoms with Crippen LogP contribution in [0.5, 0.6) is 5.75 Å². The number of rotatable bonds is 5. The lowest BCUT2D eigenvalue weighted by atomic mass is 10.0. The van der Waals surface area contributed by atoms with Crippen molar-refractivity contribution in [1.82, 2.24) is 14.5 Å². The quantitative estimate of drug-likeness (QED) is 0.305. The van der Waals surface area contributed by atoms with Gasteiger partial charge in [-0.05, 0) is 64.5 Å². The molecule has 0 unspecified atom stereocenters. The maximum Gasteiger partial charge on any atom is 0.184 e. The van der Waals surface area contributed by atoms with Gasteiger partial charge in [0.15, 0.2) is 5.13 Å². The fourth-order valence-corrected chi connectivity index (χ4v) is 5.55. The van der Waals surface area contributed by atoms with E-state index in [0.717, 1.165) is 63.3 Å². The van der Waals surface area contributed by atoms with Crippen LogP contribution in [0.15, 0.2) is 77.6 Å². The van der Waals surface area contributed by atoms with Gasteiger partial charge in [-0.25, -0.2) is 9.97 Å². The molecule has 1 aliphatic carbocycles. The lowest BCUT2D eigenvalue weighted by molar-refractivity contribution is 0.412. The number of nitrogens with zero attached hydrogens (tertiary/aromatic N) is 3. The molecule has 4 aromatic rings. The van der Waals surface area contributed by atoms with Crippen LogP contribution < -0.4 is 10.1 Å². The van der Waals surface area contributed by atoms with Gasteiger partial charge in [-0.15, -0.1) is 0 Å². The normalized spacial score (nSPS) is 18.6. The molecular weight excluding hydrogens is 496 g/mol. The van der Waals surface area contributed by atoms with E-state index in [2.05, 4.69) is 79.9 Å². The number of nitrogens with one attached hydrogen (secondary N) is 1. The van der Waals surface area contributed by atoms with Gasteiger partial charge < -0.3 is 14.6 Å². The molecule has 0 radical (unpaired) electrons. The van der Waals surface area contributed by atoms with E-state index in [-0.39, 0.29) is 6.04 Å². The predicted octanol–water partition coefficient (Wildman–Crippen LogP) is 7.10. The van der Waals surface area contributed by atoms with Crippen LogP contribution >= 0.6 is 27.3 Å². The number of halogens is 1. The second-order valence-corrected chi connectivity index (χ2v) is 10.0. The summed E-state index contributed by atoms with van der Waals surface area (Å²) in [7, 11) is 1.68. The van der Waals surface area contributed by atoms with Crippen molar-refractivity contribution < 1.29 is 4.74 Å². The van der Waals surface area contributed by atoms with E-state index in [9.17, 15) is 0 Å². The number of hydrogen-bond acceptors (Lipinski definition) is 5. The average Bonchev–Trinajstić information content (AvgIpc) is 3.41. The number of fused-ring (bicyclic) bond motifs is 2. The second-order valence-electron chi connectivity index (χ2n) is 8.16. The molecule has 1 N–H and O–H groups in total. The van der Waals surface area contributed by atoms with Crippen LogP contribution in [-0.4, -0.2) is 27.7 Å². The maximum absolute atomic E-state index is 5.46. The standard InChI is InChI=1S/C26H25BrN4OS/c1-17-8-6-4-3-5-7-9-20(17)29-26-30-21-11-10-18(12-25(21)33-26)15-31-16-28-22-13-19(27)24(32-2)14-23(22)31/h3-4,6,8,10-14,16,20H,1,5,7,9,15H2,2H3,(H,29,30)/b4-3-,8-6-/t20-/m0/s1. The molecule has 1 atom stereocenters. The summed E-state index contributed by atoms with van der Waals surface area (Å²) >= 11 is 5.23. The molecule has 0 saturated heterocycles. The molecule has 2 heterocycles. The smallest absolute Gasteiger partial charge is 0.184 e. The molecule has 168 valence electrons. The minimum atomic E-state index is 0.202. The zero-order valence-electron chi connectivity index (χ0n) is 18.4. The number of hydrogen-bond donors (Lipinski definition) is 1. The van der Waals surface area contributed by atoms with E-state index in [4.69, 9.17) is 9.72 Å². The van der Waals surface area contributed by atoms with Crippen LogP contribution in [0.4, 0.5) is 5.13 Å². The molecule has 0 spiro atoms. The number of anilines is 1. The Balaban J connectivity index is 1.37. The molecule has 0 saturated carbocycles. The van der Waals surface area contributed by atoms with E-state index >= 15 is 0 Å². The van der Waals surface area contributed by atoms with Crippen molar-refractivity contribution in [1.29, 1.82) is 0 Å². The average molecular weight is 521 g/mol. The monoisotopic (exact) mass is 520 g/mol. The molecule has 5 rings (SSSR count). The highest BCUT2D eigenvalue weighted by Crippen LogP contribution is 2.32. The van der Waals surface area contributed by atoms with E-state index in [1.807, 2.05) is 18.5 Å². The molecule has 2 aromatic carbocycles. The molecule has 0 aliphatic heterocycles. The third-order valence-corrected chi connectivity index (χ3v) is 7.44. The maximum atomic E-state index is 5.46. The van der Waals surface area contributed by atoms with E-state index < -0.39 is 0 Å². The fourth-order valence-electron chi connectivity index (χ4n) is 4.08. The molecule has 33 heavy (non-hydrogen) atoms. The summed E-state index contributed by atoms with van der Waals surface area (Å²) in [5, 5.41) is 4.56. The van der Waals surface area contributed by atoms with Crippen LogP contribution in [0.2, 0.25) is 0 Å². The Morgan fingerprint density at radius 1 is 1.24 bits per heavy atom. The Morgan fingerprint density at radius 2 is 2.15 bits per heavy atom. The van der Waals surface area contributed by atoms with Crippen LogP contribution in [0.1, 0.15) is 24.8 Å². The minimum absolute atomic E-state index is 0.202. The molecule has 7 heteroatoms. The van der Waals surface area contributed by atoms with Crippen LogP contribution in [0, 0.1) is 0 Å². The Kier molecular flexibility index (Phi) is 6.33. The van der Waals surface area contributed by atoms with Gasteiger partial charge in [-0.1, -0.05) is 48.3 Å². The molecule has 0 amide bonds. The van der Waals surface area contributed by atoms with E-state index in [0.29, 0.717) is 0 Å². The van der Waals surface area contributed by atoms with Crippen molar-refractivity contribution in [3.8, 4) is 5.75 Å². The van der Waals surface area contributed by atoms with Crippen molar-refractivity contribution in [3.63, 3.8) is 0 Å². The highest BCUT2D eigenvalue weighted by atomic mass is 79.9. The molecule has 1 aliphatic rings. The zero-order chi connectivity index (χ0) is 22.8. The highest BCUT2D eigenvalue weighted by Gasteiger charge is 2.14. The van der Waals surface area contributed by atoms with Gasteiger partial charge in [0.25, 0.3) is 0 Å². The van der Waals surface area contributed by atoms with Gasteiger partial charge in [-0.3, -0.25) is 0 Å². The predicted molar refractivity (Wildman–Crippen MR) is 141 cm³/mol. The summed E-state index contributed by atoms with van der Waals surface area (Å²) in [6, 6.07) is 10.7. The van der Waals surface area contributed by atoms with Crippen molar-refractivity contribution in [2.75, 3.05) is 12.4 Å². The number of aromatic nitrogens is 3. The van der Waals surface area contributed by atoms with Gasteiger partial charge >= 0.3 is 0 Å². The first-order valence-corrected chi connectivity index (χ1v) is 12.6. The molecule has 0 fully saturated rings. The fraction of sp³-hybridized carbons (Fsp3) is 0.231. The van der Waals surface area contributed by atoms with Crippen molar-refractivity contribution in [3.05, 3.63) is 83.2 Å². The number of benzene rings is 2. The number of methoxy groups -OCH3 is 1. The van der Waals surface area contributed by atoms with Crippen LogP contribution in [0.25, 0.3) is 21.3 Å². The zero-order valence-corrected chi connectivity index (χ0v) is 20.8. The number of ether oxygens (including phenoxy) is 1. The second kappa shape index (κ2) is 9.53. The summed E-state index contributed by atoms with van der Waals surface area (Å²) in [6.07, 6.45) is 13.6. The lowest BCUT2D eigenvalue weighted by Crippen LogP contribution is -2.20. The van der Waals surface area contributed by atoms with Gasteiger partial charge in [0.05, 0.1) is 45.2 Å². The topological polar surface area (TPSA) is 52.0 Å². The van der Waals surface area contributed by atoms with E-state index in [1.165, 1.54) is 10.3 Å². The van der Waals surface area contributed by atoms with Crippen LogP contribution in [-0.2, 0) is 6.54 Å². The first-order valence-electron chi connectivity index (χ1n) is 11.0. The summed E-state index contributed by atoms with van der Waals surface area (Å²) < 4.78 is 9.69. The molecule has 2 aromatic heterocycles. The van der Waals surface area contributed by atoms with Crippen molar-refractivity contribution in [2.24, 2.45) is 0 Å². The van der Waals surface area contributed by atoms with Crippen molar-refractivity contribution in [2.45, 2.75) is 31.8 Å². The molecular formula is C26H25BrN4OS. The largest absolute Gasteiger partial charge is 0.495 e. The highest BCUT2D eigenvalue weighted by molar-refractivity contribution is 9.10. The summed E-state index contributed by atoms with van der Waals surface area (Å²) in [5.74, 6) is 0.801. The van der Waals surface area contributed by atoms with Crippen molar-refractivity contribution >= 4 is 53.6 Å². The SMILES string of the molecule is C=C1/C=C\C=C/CCC[C@@H]1Nc1nc2ccc(Cn3cnc4cc(Br)c(OC)cc43)cc2s1. The molecule has 5 nitrogen and oxygen atoms in total. The third kappa shape index (κ3) is 4.75. The summed E-state index contributed by atoms with van der Waals surface area (Å²) in [6.45, 7) is 4.99. The number of thiazole rings is 1. The first-order chi connectivity index (χ1) is 16.1. The Morgan fingerprint density at radius 3 is 3.03 bits per heavy atom. The van der Waals surface area contributed by atoms with E-state index in [1.54, 1.807) is 18.4 Å². The van der Waals surface area contributed by atoms with Gasteiger partial charge in [-0.2, -0.15) is 0 Å². The Labute approximate surface area is 205 Å². The number of allylic oxidation sites excluding steroid dienone is 3. The lowest BCUT2D eigenvalue weighted by Gasteiger charge is -2.18.